The summed E-state index contributed by atoms with van der Waals surface area (Å²) < 4.78 is 2.16. The summed E-state index contributed by atoms with van der Waals surface area (Å²) in [5.41, 5.74) is 0. The molecule has 0 bridgehead atoms. The van der Waals surface area contributed by atoms with Gasteiger partial charge in [-0.15, -0.1) is 10.2 Å². The molecule has 5 nitrogen and oxygen atoms in total. The molecule has 2 unspecified atom stereocenters. The van der Waals surface area contributed by atoms with Gasteiger partial charge < -0.3 is 14.6 Å². The van der Waals surface area contributed by atoms with E-state index in [1.165, 1.54) is 19.4 Å². The summed E-state index contributed by atoms with van der Waals surface area (Å²) in [6.07, 6.45) is 3.90. The standard InChI is InChI=1S/C13H22N4O/c1-2-16-7-3-4-10(8-16)13-15-14-12-6-5-11(18)9-17(12)13/h10-11,18H,2-9H2,1H3. The van der Waals surface area contributed by atoms with Crippen molar-refractivity contribution in [2.45, 2.75) is 51.2 Å². The first kappa shape index (κ1) is 12.1. The lowest BCUT2D eigenvalue weighted by molar-refractivity contribution is 0.126. The lowest BCUT2D eigenvalue weighted by Gasteiger charge is -2.32. The van der Waals surface area contributed by atoms with E-state index in [4.69, 9.17) is 0 Å². The second kappa shape index (κ2) is 4.97. The van der Waals surface area contributed by atoms with Crippen molar-refractivity contribution in [3.63, 3.8) is 0 Å². The van der Waals surface area contributed by atoms with Crippen LogP contribution in [0, 0.1) is 0 Å². The third-order valence-electron chi connectivity index (χ3n) is 4.27. The fourth-order valence-electron chi connectivity index (χ4n) is 3.19. The van der Waals surface area contributed by atoms with Gasteiger partial charge in [-0.1, -0.05) is 6.92 Å². The van der Waals surface area contributed by atoms with Crippen LogP contribution in [-0.2, 0) is 13.0 Å². The highest BCUT2D eigenvalue weighted by Gasteiger charge is 2.28. The topological polar surface area (TPSA) is 54.2 Å². The zero-order chi connectivity index (χ0) is 12.5. The van der Waals surface area contributed by atoms with Crippen molar-refractivity contribution in [1.82, 2.24) is 19.7 Å². The summed E-state index contributed by atoms with van der Waals surface area (Å²) in [6, 6.07) is 0. The van der Waals surface area contributed by atoms with Crippen molar-refractivity contribution >= 4 is 0 Å². The Hall–Kier alpha value is -0.940. The molecule has 1 saturated heterocycles. The second-order valence-corrected chi connectivity index (χ2v) is 5.51. The number of aromatic nitrogens is 3. The smallest absolute Gasteiger partial charge is 0.137 e. The molecule has 2 aliphatic heterocycles. The monoisotopic (exact) mass is 250 g/mol. The number of rotatable bonds is 2. The zero-order valence-electron chi connectivity index (χ0n) is 11.0. The van der Waals surface area contributed by atoms with Crippen LogP contribution in [0.15, 0.2) is 0 Å². The molecule has 0 aromatic carbocycles. The van der Waals surface area contributed by atoms with Crippen LogP contribution >= 0.6 is 0 Å². The molecule has 18 heavy (non-hydrogen) atoms. The van der Waals surface area contributed by atoms with Gasteiger partial charge >= 0.3 is 0 Å². The van der Waals surface area contributed by atoms with Crippen LogP contribution in [0.3, 0.4) is 0 Å². The molecule has 3 rings (SSSR count). The van der Waals surface area contributed by atoms with Crippen LogP contribution < -0.4 is 0 Å². The van der Waals surface area contributed by atoms with E-state index in [9.17, 15) is 5.11 Å². The maximum atomic E-state index is 9.81. The van der Waals surface area contributed by atoms with E-state index in [1.54, 1.807) is 0 Å². The van der Waals surface area contributed by atoms with Gasteiger partial charge in [-0.25, -0.2) is 0 Å². The molecule has 2 aliphatic rings. The Labute approximate surface area is 108 Å². The molecule has 2 atom stereocenters. The first-order valence-electron chi connectivity index (χ1n) is 7.10. The molecule has 100 valence electrons. The lowest BCUT2D eigenvalue weighted by atomic mass is 9.96. The van der Waals surface area contributed by atoms with E-state index in [-0.39, 0.29) is 6.10 Å². The van der Waals surface area contributed by atoms with Gasteiger partial charge in [-0.3, -0.25) is 0 Å². The Balaban J connectivity index is 1.82. The average Bonchev–Trinajstić information content (AvgIpc) is 2.81. The van der Waals surface area contributed by atoms with Crippen LogP contribution in [0.2, 0.25) is 0 Å². The van der Waals surface area contributed by atoms with E-state index in [0.29, 0.717) is 12.5 Å². The maximum absolute atomic E-state index is 9.81. The second-order valence-electron chi connectivity index (χ2n) is 5.51. The molecule has 1 N–H and O–H groups in total. The average molecular weight is 250 g/mol. The van der Waals surface area contributed by atoms with Gasteiger partial charge in [0.2, 0.25) is 0 Å². The van der Waals surface area contributed by atoms with Gasteiger partial charge in [0.05, 0.1) is 12.6 Å². The van der Waals surface area contributed by atoms with Gasteiger partial charge in [-0.05, 0) is 32.4 Å². The number of hydrogen-bond donors (Lipinski definition) is 1. The highest BCUT2D eigenvalue weighted by atomic mass is 16.3. The fraction of sp³-hybridized carbons (Fsp3) is 0.846. The van der Waals surface area contributed by atoms with Crippen LogP contribution in [-0.4, -0.2) is 50.5 Å². The molecule has 0 radical (unpaired) electrons. The van der Waals surface area contributed by atoms with Crippen molar-refractivity contribution in [3.05, 3.63) is 11.6 Å². The number of likely N-dealkylation sites (tertiary alicyclic amines) is 1. The minimum Gasteiger partial charge on any atom is -0.391 e. The van der Waals surface area contributed by atoms with Gasteiger partial charge in [0, 0.05) is 18.9 Å². The van der Waals surface area contributed by atoms with Crippen molar-refractivity contribution in [2.75, 3.05) is 19.6 Å². The lowest BCUT2D eigenvalue weighted by Crippen LogP contribution is -2.36. The summed E-state index contributed by atoms with van der Waals surface area (Å²) in [4.78, 5) is 2.48. The van der Waals surface area contributed by atoms with Crippen molar-refractivity contribution in [1.29, 1.82) is 0 Å². The first-order valence-corrected chi connectivity index (χ1v) is 7.10. The molecule has 0 amide bonds. The van der Waals surface area contributed by atoms with Crippen molar-refractivity contribution < 1.29 is 5.11 Å². The zero-order valence-corrected chi connectivity index (χ0v) is 11.0. The Kier molecular flexibility index (Phi) is 3.35. The third-order valence-corrected chi connectivity index (χ3v) is 4.27. The van der Waals surface area contributed by atoms with E-state index < -0.39 is 0 Å². The Bertz CT molecular complexity index is 417. The molecule has 0 saturated carbocycles. The number of aliphatic hydroxyl groups excluding tert-OH is 1. The number of hydrogen-bond acceptors (Lipinski definition) is 4. The van der Waals surface area contributed by atoms with Crippen LogP contribution in [0.4, 0.5) is 0 Å². The summed E-state index contributed by atoms with van der Waals surface area (Å²) in [5.74, 6) is 2.65. The van der Waals surface area contributed by atoms with Gasteiger partial charge in [-0.2, -0.15) is 0 Å². The Morgan fingerprint density at radius 2 is 2.17 bits per heavy atom. The predicted octanol–water partition coefficient (Wildman–Crippen LogP) is 0.784. The summed E-state index contributed by atoms with van der Waals surface area (Å²) in [6.45, 7) is 6.30. The highest BCUT2D eigenvalue weighted by molar-refractivity contribution is 5.07. The van der Waals surface area contributed by atoms with Crippen molar-refractivity contribution in [3.8, 4) is 0 Å². The van der Waals surface area contributed by atoms with Gasteiger partial charge in [0.25, 0.3) is 0 Å². The SMILES string of the molecule is CCN1CCCC(c2nnc3n2CC(O)CC3)C1. The van der Waals surface area contributed by atoms with Crippen LogP contribution in [0.1, 0.15) is 43.8 Å². The number of fused-ring (bicyclic) bond motifs is 1. The summed E-state index contributed by atoms with van der Waals surface area (Å²) in [7, 11) is 0. The molecule has 5 heteroatoms. The minimum atomic E-state index is -0.224. The van der Waals surface area contributed by atoms with Gasteiger partial charge in [0.15, 0.2) is 0 Å². The molecule has 1 fully saturated rings. The summed E-state index contributed by atoms with van der Waals surface area (Å²) in [5, 5.41) is 18.5. The molecular formula is C13H22N4O. The van der Waals surface area contributed by atoms with E-state index in [0.717, 1.165) is 37.6 Å². The van der Waals surface area contributed by atoms with Crippen LogP contribution in [0.25, 0.3) is 0 Å². The van der Waals surface area contributed by atoms with E-state index in [1.807, 2.05) is 0 Å². The maximum Gasteiger partial charge on any atom is 0.137 e. The summed E-state index contributed by atoms with van der Waals surface area (Å²) >= 11 is 0. The quantitative estimate of drug-likeness (QED) is 0.843. The Morgan fingerprint density at radius 3 is 3.00 bits per heavy atom. The number of nitrogens with zero attached hydrogens (tertiary/aromatic N) is 4. The fourth-order valence-corrected chi connectivity index (χ4v) is 3.19. The molecule has 1 aromatic heterocycles. The molecule has 0 spiro atoms. The van der Waals surface area contributed by atoms with Crippen molar-refractivity contribution in [2.24, 2.45) is 0 Å². The molecule has 0 aliphatic carbocycles. The number of aliphatic hydroxyl groups is 1. The largest absolute Gasteiger partial charge is 0.391 e. The first-order chi connectivity index (χ1) is 8.78. The normalized spacial score (nSPS) is 29.2. The highest BCUT2D eigenvalue weighted by Crippen LogP contribution is 2.27. The van der Waals surface area contributed by atoms with Crippen LogP contribution in [0.5, 0.6) is 0 Å². The van der Waals surface area contributed by atoms with E-state index in [2.05, 4.69) is 26.6 Å². The Morgan fingerprint density at radius 1 is 1.28 bits per heavy atom. The molecule has 1 aromatic rings. The minimum absolute atomic E-state index is 0.224. The van der Waals surface area contributed by atoms with E-state index >= 15 is 0 Å². The number of likely N-dealkylation sites (N-methyl/N-ethyl adjacent to an activating group) is 1. The molecule has 3 heterocycles. The van der Waals surface area contributed by atoms with Gasteiger partial charge in [0.1, 0.15) is 11.6 Å². The number of piperidine rings is 1. The third kappa shape index (κ3) is 2.17. The predicted molar refractivity (Wildman–Crippen MR) is 68.4 cm³/mol. The molecular weight excluding hydrogens is 228 g/mol. The number of aryl methyl sites for hydroxylation is 1.